The number of thiazole rings is 1. The fourth-order valence-corrected chi connectivity index (χ4v) is 2.55. The molecule has 0 radical (unpaired) electrons. The molecule has 0 saturated heterocycles. The summed E-state index contributed by atoms with van der Waals surface area (Å²) in [6, 6.07) is 0. The first-order valence-electron chi connectivity index (χ1n) is 6.18. The fraction of sp³-hybridized carbons (Fsp3) is 0.615. The molecule has 0 atom stereocenters. The Hall–Kier alpha value is -1.14. The van der Waals surface area contributed by atoms with Crippen molar-refractivity contribution in [3.05, 3.63) is 16.1 Å². The number of carbonyl (C=O) groups excluding carboxylic acids is 2. The first kappa shape index (κ1) is 16.9. The Morgan fingerprint density at radius 2 is 2.10 bits per heavy atom. The zero-order valence-corrected chi connectivity index (χ0v) is 13.7. The number of hydrogen-bond donors (Lipinski definition) is 0. The lowest BCUT2D eigenvalue weighted by molar-refractivity contribution is -0.136. The van der Waals surface area contributed by atoms with Gasteiger partial charge in [-0.15, -0.1) is 22.9 Å². The number of aromatic nitrogens is 1. The van der Waals surface area contributed by atoms with Crippen LogP contribution in [0.3, 0.4) is 0 Å². The summed E-state index contributed by atoms with van der Waals surface area (Å²) in [5.74, 6) is -0.208. The maximum Gasteiger partial charge on any atom is 0.357 e. The Bertz CT molecular complexity index is 482. The van der Waals surface area contributed by atoms with Crippen molar-refractivity contribution in [3.63, 3.8) is 0 Å². The van der Waals surface area contributed by atoms with Crippen LogP contribution >= 0.6 is 22.9 Å². The summed E-state index contributed by atoms with van der Waals surface area (Å²) in [6.07, 6.45) is 0.286. The van der Waals surface area contributed by atoms with Gasteiger partial charge in [-0.25, -0.2) is 9.78 Å². The maximum atomic E-state index is 12.1. The van der Waals surface area contributed by atoms with Gasteiger partial charge in [0.25, 0.3) is 0 Å². The lowest BCUT2D eigenvalue weighted by Crippen LogP contribution is -2.45. The lowest BCUT2D eigenvalue weighted by atomic mass is 10.1. The molecule has 0 bridgehead atoms. The van der Waals surface area contributed by atoms with Crippen LogP contribution in [0.15, 0.2) is 5.38 Å². The number of methoxy groups -OCH3 is 1. The quantitative estimate of drug-likeness (QED) is 0.618. The molecule has 0 saturated carbocycles. The van der Waals surface area contributed by atoms with Crippen LogP contribution in [-0.4, -0.2) is 40.3 Å². The van der Waals surface area contributed by atoms with E-state index >= 15 is 0 Å². The molecular weight excluding hydrogens is 300 g/mol. The van der Waals surface area contributed by atoms with Gasteiger partial charge in [0.15, 0.2) is 5.69 Å². The van der Waals surface area contributed by atoms with Gasteiger partial charge < -0.3 is 9.64 Å². The number of ether oxygens (including phenoxy) is 1. The van der Waals surface area contributed by atoms with Crippen molar-refractivity contribution in [2.24, 2.45) is 0 Å². The van der Waals surface area contributed by atoms with Gasteiger partial charge >= 0.3 is 5.97 Å². The van der Waals surface area contributed by atoms with Crippen molar-refractivity contribution in [2.75, 3.05) is 13.0 Å². The van der Waals surface area contributed by atoms with E-state index in [1.165, 1.54) is 18.4 Å². The van der Waals surface area contributed by atoms with Crippen molar-refractivity contribution in [1.82, 2.24) is 9.88 Å². The van der Waals surface area contributed by atoms with Crippen LogP contribution in [0.4, 0.5) is 0 Å². The van der Waals surface area contributed by atoms with E-state index in [0.29, 0.717) is 11.6 Å². The second-order valence-corrected chi connectivity index (χ2v) is 6.53. The standard InChI is InChI=1S/C13H19ClN2O3S/c1-13(2,3)16(11(17)5-6-14)7-10-15-9(8-20-10)12(18)19-4/h8H,5-7H2,1-4H3. The van der Waals surface area contributed by atoms with Gasteiger partial charge in [0.1, 0.15) is 5.01 Å². The molecule has 1 aromatic rings. The van der Waals surface area contributed by atoms with E-state index in [2.05, 4.69) is 9.72 Å². The highest BCUT2D eigenvalue weighted by molar-refractivity contribution is 7.09. The minimum absolute atomic E-state index is 0.0256. The first-order valence-corrected chi connectivity index (χ1v) is 7.60. The van der Waals surface area contributed by atoms with Crippen molar-refractivity contribution in [3.8, 4) is 0 Å². The van der Waals surface area contributed by atoms with Gasteiger partial charge in [0.05, 0.1) is 13.7 Å². The van der Waals surface area contributed by atoms with Crippen molar-refractivity contribution in [2.45, 2.75) is 39.3 Å². The number of amides is 1. The van der Waals surface area contributed by atoms with Crippen LogP contribution in [0.1, 0.15) is 42.7 Å². The topological polar surface area (TPSA) is 59.5 Å². The Balaban J connectivity index is 2.87. The van der Waals surface area contributed by atoms with E-state index in [4.69, 9.17) is 11.6 Å². The smallest absolute Gasteiger partial charge is 0.357 e. The Labute approximate surface area is 127 Å². The molecule has 0 aliphatic heterocycles. The third-order valence-electron chi connectivity index (χ3n) is 2.66. The van der Waals surface area contributed by atoms with E-state index in [9.17, 15) is 9.59 Å². The van der Waals surface area contributed by atoms with Gasteiger partial charge in [-0.1, -0.05) is 0 Å². The van der Waals surface area contributed by atoms with E-state index in [1.54, 1.807) is 10.3 Å². The highest BCUT2D eigenvalue weighted by atomic mass is 35.5. The van der Waals surface area contributed by atoms with Crippen LogP contribution in [0.2, 0.25) is 0 Å². The molecular formula is C13H19ClN2O3S. The molecule has 1 rings (SSSR count). The Morgan fingerprint density at radius 1 is 1.45 bits per heavy atom. The minimum Gasteiger partial charge on any atom is -0.464 e. The van der Waals surface area contributed by atoms with E-state index < -0.39 is 5.97 Å². The van der Waals surface area contributed by atoms with E-state index in [1.807, 2.05) is 20.8 Å². The van der Waals surface area contributed by atoms with Crippen LogP contribution in [0.5, 0.6) is 0 Å². The number of halogens is 1. The SMILES string of the molecule is COC(=O)c1csc(CN(C(=O)CCCl)C(C)(C)C)n1. The van der Waals surface area contributed by atoms with E-state index in [-0.39, 0.29) is 29.4 Å². The molecule has 112 valence electrons. The molecule has 0 aliphatic carbocycles. The Morgan fingerprint density at radius 3 is 2.60 bits per heavy atom. The highest BCUT2D eigenvalue weighted by Gasteiger charge is 2.27. The Kier molecular flexibility index (Phi) is 5.95. The number of alkyl halides is 1. The second-order valence-electron chi connectivity index (χ2n) is 5.21. The molecule has 1 aromatic heterocycles. The fourth-order valence-electron chi connectivity index (χ4n) is 1.63. The molecule has 0 aromatic carbocycles. The lowest BCUT2D eigenvalue weighted by Gasteiger charge is -2.35. The molecule has 1 amide bonds. The highest BCUT2D eigenvalue weighted by Crippen LogP contribution is 2.21. The monoisotopic (exact) mass is 318 g/mol. The molecule has 0 fully saturated rings. The summed E-state index contributed by atoms with van der Waals surface area (Å²) < 4.78 is 4.62. The summed E-state index contributed by atoms with van der Waals surface area (Å²) in [5, 5.41) is 2.33. The summed E-state index contributed by atoms with van der Waals surface area (Å²) in [6.45, 7) is 6.22. The molecule has 0 unspecified atom stereocenters. The van der Waals surface area contributed by atoms with Gasteiger partial charge in [-0.05, 0) is 20.8 Å². The zero-order chi connectivity index (χ0) is 15.3. The predicted octanol–water partition coefficient (Wildman–Crippen LogP) is 2.69. The molecule has 0 aliphatic rings. The molecule has 0 N–H and O–H groups in total. The normalized spacial score (nSPS) is 11.2. The van der Waals surface area contributed by atoms with Crippen LogP contribution < -0.4 is 0 Å². The molecule has 1 heterocycles. The van der Waals surface area contributed by atoms with Gasteiger partial charge in [0, 0.05) is 23.2 Å². The largest absolute Gasteiger partial charge is 0.464 e. The maximum absolute atomic E-state index is 12.1. The van der Waals surface area contributed by atoms with Crippen LogP contribution in [0, 0.1) is 0 Å². The van der Waals surface area contributed by atoms with Gasteiger partial charge in [0.2, 0.25) is 5.91 Å². The summed E-state index contributed by atoms with van der Waals surface area (Å²) in [7, 11) is 1.31. The summed E-state index contributed by atoms with van der Waals surface area (Å²) in [4.78, 5) is 29.4. The molecule has 7 heteroatoms. The van der Waals surface area contributed by atoms with E-state index in [0.717, 1.165) is 0 Å². The summed E-state index contributed by atoms with van der Waals surface area (Å²) in [5.41, 5.74) is -0.0635. The van der Waals surface area contributed by atoms with Crippen LogP contribution in [-0.2, 0) is 16.1 Å². The molecule has 20 heavy (non-hydrogen) atoms. The van der Waals surface area contributed by atoms with Gasteiger partial charge in [-0.3, -0.25) is 4.79 Å². The van der Waals surface area contributed by atoms with Crippen molar-refractivity contribution in [1.29, 1.82) is 0 Å². The average Bonchev–Trinajstić information content (AvgIpc) is 2.82. The van der Waals surface area contributed by atoms with Gasteiger partial charge in [-0.2, -0.15) is 0 Å². The van der Waals surface area contributed by atoms with Crippen molar-refractivity contribution < 1.29 is 14.3 Å². The third-order valence-corrected chi connectivity index (χ3v) is 3.68. The molecule has 0 spiro atoms. The van der Waals surface area contributed by atoms with Crippen molar-refractivity contribution >= 4 is 34.8 Å². The number of nitrogens with zero attached hydrogens (tertiary/aromatic N) is 2. The number of rotatable bonds is 5. The third kappa shape index (κ3) is 4.45. The zero-order valence-electron chi connectivity index (χ0n) is 12.1. The average molecular weight is 319 g/mol. The predicted molar refractivity (Wildman–Crippen MR) is 79.1 cm³/mol. The second kappa shape index (κ2) is 7.04. The number of esters is 1. The summed E-state index contributed by atoms with van der Waals surface area (Å²) >= 11 is 6.97. The van der Waals surface area contributed by atoms with Crippen LogP contribution in [0.25, 0.3) is 0 Å². The number of hydrogen-bond acceptors (Lipinski definition) is 5. The number of carbonyl (C=O) groups is 2. The first-order chi connectivity index (χ1) is 9.29. The molecule has 5 nitrogen and oxygen atoms in total. The minimum atomic E-state index is -0.470.